The third-order valence-electron chi connectivity index (χ3n) is 4.81. The standard InChI is InChI=1S/C19H19FN2O3S/c1-25-18-4-2-3-15-16-11-22(10-9-17(16)21-19(15)18)26(23,24)12-13-5-7-14(20)8-6-13/h2-8,21H,9-12H2,1H3. The quantitative estimate of drug-likeness (QED) is 0.763. The number of methoxy groups -OCH3 is 1. The zero-order valence-electron chi connectivity index (χ0n) is 14.3. The maximum Gasteiger partial charge on any atom is 0.218 e. The second-order valence-corrected chi connectivity index (χ2v) is 8.40. The first kappa shape index (κ1) is 17.1. The van der Waals surface area contributed by atoms with Crippen LogP contribution in [0.5, 0.6) is 5.75 Å². The number of hydrogen-bond donors (Lipinski definition) is 1. The second kappa shape index (κ2) is 6.41. The average molecular weight is 374 g/mol. The molecule has 0 spiro atoms. The van der Waals surface area contributed by atoms with Crippen LogP contribution in [0.15, 0.2) is 42.5 Å². The van der Waals surface area contributed by atoms with E-state index in [4.69, 9.17) is 4.74 Å². The Kier molecular flexibility index (Phi) is 4.20. The van der Waals surface area contributed by atoms with Crippen molar-refractivity contribution >= 4 is 20.9 Å². The number of nitrogens with one attached hydrogen (secondary N) is 1. The summed E-state index contributed by atoms with van der Waals surface area (Å²) in [5.41, 5.74) is 3.53. The van der Waals surface area contributed by atoms with Crippen LogP contribution in [0.4, 0.5) is 4.39 Å². The fourth-order valence-electron chi connectivity index (χ4n) is 3.48. The van der Waals surface area contributed by atoms with Gasteiger partial charge in [-0.1, -0.05) is 24.3 Å². The highest BCUT2D eigenvalue weighted by atomic mass is 32.2. The van der Waals surface area contributed by atoms with Crippen molar-refractivity contribution in [1.29, 1.82) is 0 Å². The van der Waals surface area contributed by atoms with Crippen LogP contribution < -0.4 is 4.74 Å². The molecule has 0 radical (unpaired) electrons. The van der Waals surface area contributed by atoms with Crippen LogP contribution in [-0.4, -0.2) is 31.4 Å². The second-order valence-electron chi connectivity index (χ2n) is 6.43. The minimum atomic E-state index is -3.49. The van der Waals surface area contributed by atoms with Crippen molar-refractivity contribution in [3.63, 3.8) is 0 Å². The van der Waals surface area contributed by atoms with E-state index in [1.165, 1.54) is 28.6 Å². The number of benzene rings is 2. The van der Waals surface area contributed by atoms with Gasteiger partial charge in [0.2, 0.25) is 10.0 Å². The van der Waals surface area contributed by atoms with Crippen LogP contribution in [0.1, 0.15) is 16.8 Å². The first-order chi connectivity index (χ1) is 12.5. The molecule has 136 valence electrons. The Morgan fingerprint density at radius 3 is 2.69 bits per heavy atom. The molecule has 0 saturated heterocycles. The number of rotatable bonds is 4. The summed E-state index contributed by atoms with van der Waals surface area (Å²) in [4.78, 5) is 3.38. The molecule has 1 aromatic heterocycles. The SMILES string of the molecule is COc1cccc2c3c([nH]c12)CCN(S(=O)(=O)Cc1ccc(F)cc1)C3. The molecule has 1 aliphatic rings. The monoisotopic (exact) mass is 374 g/mol. The van der Waals surface area contributed by atoms with Crippen LogP contribution in [0, 0.1) is 5.82 Å². The highest BCUT2D eigenvalue weighted by Gasteiger charge is 2.29. The number of aromatic nitrogens is 1. The number of para-hydroxylation sites is 1. The number of ether oxygens (including phenoxy) is 1. The molecule has 2 aromatic carbocycles. The fraction of sp³-hybridized carbons (Fsp3) is 0.263. The normalized spacial score (nSPS) is 15.2. The third-order valence-corrected chi connectivity index (χ3v) is 6.61. The predicted octanol–water partition coefficient (Wildman–Crippen LogP) is 3.20. The summed E-state index contributed by atoms with van der Waals surface area (Å²) in [6, 6.07) is 11.4. The number of H-pyrrole nitrogens is 1. The topological polar surface area (TPSA) is 62.4 Å². The molecule has 3 aromatic rings. The molecule has 4 rings (SSSR count). The molecule has 26 heavy (non-hydrogen) atoms. The van der Waals surface area contributed by atoms with Gasteiger partial charge >= 0.3 is 0 Å². The van der Waals surface area contributed by atoms with Gasteiger partial charge in [0, 0.05) is 30.6 Å². The first-order valence-electron chi connectivity index (χ1n) is 8.36. The summed E-state index contributed by atoms with van der Waals surface area (Å²) >= 11 is 0. The fourth-order valence-corrected chi connectivity index (χ4v) is 4.97. The lowest BCUT2D eigenvalue weighted by molar-refractivity contribution is 0.390. The Hall–Kier alpha value is -2.38. The summed E-state index contributed by atoms with van der Waals surface area (Å²) in [6.07, 6.45) is 0.621. The average Bonchev–Trinajstić information content (AvgIpc) is 3.01. The molecule has 1 aliphatic heterocycles. The van der Waals surface area contributed by atoms with E-state index in [0.717, 1.165) is 27.9 Å². The third kappa shape index (κ3) is 2.97. The Morgan fingerprint density at radius 2 is 1.96 bits per heavy atom. The van der Waals surface area contributed by atoms with E-state index in [9.17, 15) is 12.8 Å². The Morgan fingerprint density at radius 1 is 1.19 bits per heavy atom. The lowest BCUT2D eigenvalue weighted by atomic mass is 10.1. The molecule has 0 bridgehead atoms. The van der Waals surface area contributed by atoms with Crippen molar-refractivity contribution in [2.45, 2.75) is 18.7 Å². The maximum atomic E-state index is 13.0. The summed E-state index contributed by atoms with van der Waals surface area (Å²) in [6.45, 7) is 0.748. The first-order valence-corrected chi connectivity index (χ1v) is 9.97. The van der Waals surface area contributed by atoms with Crippen molar-refractivity contribution in [3.05, 3.63) is 65.1 Å². The number of nitrogens with zero attached hydrogens (tertiary/aromatic N) is 1. The van der Waals surface area contributed by atoms with E-state index in [1.807, 2.05) is 18.2 Å². The lowest BCUT2D eigenvalue weighted by Gasteiger charge is -2.26. The van der Waals surface area contributed by atoms with Gasteiger partial charge in [0.15, 0.2) is 0 Å². The molecule has 7 heteroatoms. The minimum Gasteiger partial charge on any atom is -0.495 e. The van der Waals surface area contributed by atoms with Gasteiger partial charge < -0.3 is 9.72 Å². The Balaban J connectivity index is 1.64. The number of sulfonamides is 1. The van der Waals surface area contributed by atoms with Crippen LogP contribution in [-0.2, 0) is 28.7 Å². The lowest BCUT2D eigenvalue weighted by Crippen LogP contribution is -2.36. The van der Waals surface area contributed by atoms with Gasteiger partial charge in [-0.2, -0.15) is 4.31 Å². The van der Waals surface area contributed by atoms with Crippen LogP contribution in [0.2, 0.25) is 0 Å². The summed E-state index contributed by atoms with van der Waals surface area (Å²) < 4.78 is 45.6. The largest absolute Gasteiger partial charge is 0.495 e. The van der Waals surface area contributed by atoms with Gasteiger partial charge in [0.1, 0.15) is 11.6 Å². The van der Waals surface area contributed by atoms with Gasteiger partial charge in [0.25, 0.3) is 0 Å². The van der Waals surface area contributed by atoms with Gasteiger partial charge in [-0.15, -0.1) is 0 Å². The van der Waals surface area contributed by atoms with Gasteiger partial charge in [-0.05, 0) is 29.3 Å². The van der Waals surface area contributed by atoms with Crippen molar-refractivity contribution < 1.29 is 17.5 Å². The summed E-state index contributed by atoms with van der Waals surface area (Å²) in [5.74, 6) is 0.244. The van der Waals surface area contributed by atoms with E-state index in [0.29, 0.717) is 25.1 Å². The zero-order chi connectivity index (χ0) is 18.3. The number of fused-ring (bicyclic) bond motifs is 3. The molecule has 0 atom stereocenters. The number of halogens is 1. The van der Waals surface area contributed by atoms with E-state index >= 15 is 0 Å². The van der Waals surface area contributed by atoms with Crippen molar-refractivity contribution in [1.82, 2.24) is 9.29 Å². The molecular weight excluding hydrogens is 355 g/mol. The number of aromatic amines is 1. The molecule has 0 amide bonds. The van der Waals surface area contributed by atoms with E-state index < -0.39 is 10.0 Å². The summed E-state index contributed by atoms with van der Waals surface area (Å²) in [7, 11) is -1.87. The highest BCUT2D eigenvalue weighted by molar-refractivity contribution is 7.88. The van der Waals surface area contributed by atoms with Gasteiger partial charge in [-0.25, -0.2) is 12.8 Å². The molecule has 0 unspecified atom stereocenters. The smallest absolute Gasteiger partial charge is 0.218 e. The molecular formula is C19H19FN2O3S. The molecule has 0 saturated carbocycles. The van der Waals surface area contributed by atoms with Crippen LogP contribution >= 0.6 is 0 Å². The molecule has 0 aliphatic carbocycles. The van der Waals surface area contributed by atoms with E-state index in [2.05, 4.69) is 4.98 Å². The number of hydrogen-bond acceptors (Lipinski definition) is 3. The van der Waals surface area contributed by atoms with Crippen LogP contribution in [0.25, 0.3) is 10.9 Å². The Labute approximate surface area is 151 Å². The highest BCUT2D eigenvalue weighted by Crippen LogP contribution is 2.33. The predicted molar refractivity (Wildman–Crippen MR) is 98.0 cm³/mol. The van der Waals surface area contributed by atoms with E-state index in [1.54, 1.807) is 7.11 Å². The van der Waals surface area contributed by atoms with E-state index in [-0.39, 0.29) is 11.6 Å². The summed E-state index contributed by atoms with van der Waals surface area (Å²) in [5, 5.41) is 0.987. The molecule has 5 nitrogen and oxygen atoms in total. The van der Waals surface area contributed by atoms with Gasteiger partial charge in [-0.3, -0.25) is 0 Å². The zero-order valence-corrected chi connectivity index (χ0v) is 15.1. The van der Waals surface area contributed by atoms with Gasteiger partial charge in [0.05, 0.1) is 18.4 Å². The van der Waals surface area contributed by atoms with Crippen molar-refractivity contribution in [3.8, 4) is 5.75 Å². The maximum absolute atomic E-state index is 13.0. The van der Waals surface area contributed by atoms with Crippen molar-refractivity contribution in [2.24, 2.45) is 0 Å². The molecule has 1 N–H and O–H groups in total. The minimum absolute atomic E-state index is 0.131. The Bertz CT molecular complexity index is 1060. The van der Waals surface area contributed by atoms with Crippen LogP contribution in [0.3, 0.4) is 0 Å². The van der Waals surface area contributed by atoms with Crippen molar-refractivity contribution in [2.75, 3.05) is 13.7 Å². The molecule has 2 heterocycles. The molecule has 0 fully saturated rings.